The van der Waals surface area contributed by atoms with Crippen LogP contribution in [0.25, 0.3) is 0 Å². The van der Waals surface area contributed by atoms with Gasteiger partial charge in [0.05, 0.1) is 11.7 Å². The van der Waals surface area contributed by atoms with E-state index in [1.165, 1.54) is 0 Å². The number of nitrogens with one attached hydrogen (secondary N) is 1. The van der Waals surface area contributed by atoms with Gasteiger partial charge in [0, 0.05) is 13.1 Å². The molecule has 2 unspecified atom stereocenters. The van der Waals surface area contributed by atoms with Gasteiger partial charge in [0.1, 0.15) is 0 Å². The molecule has 0 amide bonds. The minimum absolute atomic E-state index is 0.352. The van der Waals surface area contributed by atoms with E-state index >= 15 is 0 Å². The maximum absolute atomic E-state index is 9.85. The molecule has 0 aromatic carbocycles. The van der Waals surface area contributed by atoms with Crippen molar-refractivity contribution in [3.63, 3.8) is 0 Å². The topological polar surface area (TPSA) is 52.5 Å². The molecule has 3 N–H and O–H groups in total. The van der Waals surface area contributed by atoms with Crippen LogP contribution in [0.15, 0.2) is 0 Å². The van der Waals surface area contributed by atoms with Gasteiger partial charge in [-0.15, -0.1) is 0 Å². The van der Waals surface area contributed by atoms with E-state index in [1.54, 1.807) is 6.92 Å². The second kappa shape index (κ2) is 5.58. The number of aliphatic hydroxyl groups is 2. The van der Waals surface area contributed by atoms with Crippen LogP contribution in [-0.4, -0.2) is 35.0 Å². The van der Waals surface area contributed by atoms with Crippen molar-refractivity contribution >= 4 is 0 Å². The van der Waals surface area contributed by atoms with E-state index in [2.05, 4.69) is 19.2 Å². The van der Waals surface area contributed by atoms with Crippen molar-refractivity contribution < 1.29 is 10.2 Å². The van der Waals surface area contributed by atoms with E-state index in [0.717, 1.165) is 6.42 Å². The number of hydrogen-bond donors (Lipinski definition) is 3. The molecule has 13 heavy (non-hydrogen) atoms. The molecule has 80 valence electrons. The van der Waals surface area contributed by atoms with Crippen LogP contribution in [0.3, 0.4) is 0 Å². The van der Waals surface area contributed by atoms with Gasteiger partial charge in [-0.05, 0) is 26.2 Å². The van der Waals surface area contributed by atoms with E-state index < -0.39 is 5.60 Å². The second-order valence-corrected chi connectivity index (χ2v) is 4.57. The average Bonchev–Trinajstić information content (AvgIpc) is 1.81. The van der Waals surface area contributed by atoms with Crippen LogP contribution in [0.1, 0.15) is 34.1 Å². The highest BCUT2D eigenvalue weighted by molar-refractivity contribution is 4.77. The summed E-state index contributed by atoms with van der Waals surface area (Å²) in [6.07, 6.45) is 0.426. The fourth-order valence-corrected chi connectivity index (χ4v) is 1.50. The summed E-state index contributed by atoms with van der Waals surface area (Å²) >= 11 is 0. The molecule has 0 heterocycles. The molecule has 0 bridgehead atoms. The van der Waals surface area contributed by atoms with E-state index in [4.69, 9.17) is 5.11 Å². The lowest BCUT2D eigenvalue weighted by molar-refractivity contribution is 0.0359. The number of aliphatic hydroxyl groups excluding tert-OH is 1. The predicted octanol–water partition coefficient (Wildman–Crippen LogP) is 0.754. The molecule has 3 heteroatoms. The van der Waals surface area contributed by atoms with Gasteiger partial charge in [0.2, 0.25) is 0 Å². The Morgan fingerprint density at radius 1 is 1.31 bits per heavy atom. The molecule has 0 saturated carbocycles. The van der Waals surface area contributed by atoms with Gasteiger partial charge in [-0.1, -0.05) is 13.8 Å². The fourth-order valence-electron chi connectivity index (χ4n) is 1.50. The molecule has 0 saturated heterocycles. The molecule has 0 radical (unpaired) electrons. The monoisotopic (exact) mass is 189 g/mol. The highest BCUT2D eigenvalue weighted by Gasteiger charge is 2.21. The van der Waals surface area contributed by atoms with Gasteiger partial charge in [-0.2, -0.15) is 0 Å². The minimum Gasteiger partial charge on any atom is -0.392 e. The highest BCUT2D eigenvalue weighted by Crippen LogP contribution is 2.14. The zero-order valence-corrected chi connectivity index (χ0v) is 9.17. The summed E-state index contributed by atoms with van der Waals surface area (Å²) in [7, 11) is 0. The Labute approximate surface area is 81.2 Å². The van der Waals surface area contributed by atoms with E-state index in [1.807, 2.05) is 6.92 Å². The Kier molecular flexibility index (Phi) is 5.53. The summed E-state index contributed by atoms with van der Waals surface area (Å²) in [5.41, 5.74) is -0.664. The van der Waals surface area contributed by atoms with Gasteiger partial charge in [0.25, 0.3) is 0 Å². The second-order valence-electron chi connectivity index (χ2n) is 4.57. The standard InChI is InChI=1S/C10H23NO2/c1-8(2)5-10(4,13)7-11-6-9(3)12/h8-9,11-13H,5-7H2,1-4H3. The SMILES string of the molecule is CC(C)CC(C)(O)CNCC(C)O. The first-order valence-corrected chi connectivity index (χ1v) is 4.94. The molecular weight excluding hydrogens is 166 g/mol. The average molecular weight is 189 g/mol. The summed E-state index contributed by atoms with van der Waals surface area (Å²) in [6, 6.07) is 0. The van der Waals surface area contributed by atoms with Gasteiger partial charge in [0.15, 0.2) is 0 Å². The van der Waals surface area contributed by atoms with Crippen LogP contribution in [0, 0.1) is 5.92 Å². The molecule has 0 fully saturated rings. The van der Waals surface area contributed by atoms with Crippen LogP contribution in [-0.2, 0) is 0 Å². The summed E-state index contributed by atoms with van der Waals surface area (Å²) in [5, 5.41) is 21.9. The van der Waals surface area contributed by atoms with Gasteiger partial charge in [-0.3, -0.25) is 0 Å². The Hall–Kier alpha value is -0.120. The summed E-state index contributed by atoms with van der Waals surface area (Å²) < 4.78 is 0. The number of hydrogen-bond acceptors (Lipinski definition) is 3. The van der Waals surface area contributed by atoms with E-state index in [-0.39, 0.29) is 6.10 Å². The van der Waals surface area contributed by atoms with Crippen molar-refractivity contribution in [1.82, 2.24) is 5.32 Å². The first-order chi connectivity index (χ1) is 5.83. The Balaban J connectivity index is 3.62. The van der Waals surface area contributed by atoms with Gasteiger partial charge >= 0.3 is 0 Å². The van der Waals surface area contributed by atoms with Crippen molar-refractivity contribution in [1.29, 1.82) is 0 Å². The van der Waals surface area contributed by atoms with E-state index in [9.17, 15) is 5.11 Å². The highest BCUT2D eigenvalue weighted by atomic mass is 16.3. The maximum Gasteiger partial charge on any atom is 0.0746 e. The molecule has 3 nitrogen and oxygen atoms in total. The van der Waals surface area contributed by atoms with Crippen LogP contribution < -0.4 is 5.32 Å². The van der Waals surface area contributed by atoms with Crippen molar-refractivity contribution in [3.8, 4) is 0 Å². The largest absolute Gasteiger partial charge is 0.392 e. The fraction of sp³-hybridized carbons (Fsp3) is 1.00. The molecule has 0 aliphatic heterocycles. The zero-order valence-electron chi connectivity index (χ0n) is 9.17. The van der Waals surface area contributed by atoms with Crippen molar-refractivity contribution in [3.05, 3.63) is 0 Å². The predicted molar refractivity (Wildman–Crippen MR) is 54.6 cm³/mol. The third-order valence-corrected chi connectivity index (χ3v) is 1.79. The molecule has 0 aromatic rings. The Bertz CT molecular complexity index is 133. The lowest BCUT2D eigenvalue weighted by Gasteiger charge is -2.26. The summed E-state index contributed by atoms with van der Waals surface area (Å²) in [4.78, 5) is 0. The molecule has 0 aromatic heterocycles. The quantitative estimate of drug-likeness (QED) is 0.578. The van der Waals surface area contributed by atoms with Crippen molar-refractivity contribution in [2.45, 2.75) is 45.8 Å². The van der Waals surface area contributed by atoms with Crippen LogP contribution >= 0.6 is 0 Å². The third kappa shape index (κ3) is 8.22. The summed E-state index contributed by atoms with van der Waals surface area (Å²) in [5.74, 6) is 0.489. The Morgan fingerprint density at radius 3 is 2.23 bits per heavy atom. The first kappa shape index (κ1) is 12.9. The van der Waals surface area contributed by atoms with Gasteiger partial charge in [-0.25, -0.2) is 0 Å². The van der Waals surface area contributed by atoms with Crippen LogP contribution in [0.5, 0.6) is 0 Å². The smallest absolute Gasteiger partial charge is 0.0746 e. The first-order valence-electron chi connectivity index (χ1n) is 4.94. The molecule has 2 atom stereocenters. The molecular formula is C10H23NO2. The molecule has 0 aliphatic carbocycles. The Morgan fingerprint density at radius 2 is 1.85 bits per heavy atom. The molecule has 0 rings (SSSR count). The normalized spacial score (nSPS) is 18.7. The van der Waals surface area contributed by atoms with Crippen molar-refractivity contribution in [2.24, 2.45) is 5.92 Å². The maximum atomic E-state index is 9.85. The van der Waals surface area contributed by atoms with E-state index in [0.29, 0.717) is 19.0 Å². The number of rotatable bonds is 6. The summed E-state index contributed by atoms with van der Waals surface area (Å²) in [6.45, 7) is 8.79. The zero-order chi connectivity index (χ0) is 10.5. The lowest BCUT2D eigenvalue weighted by Crippen LogP contribution is -2.41. The van der Waals surface area contributed by atoms with Gasteiger partial charge < -0.3 is 15.5 Å². The van der Waals surface area contributed by atoms with Crippen LogP contribution in [0.2, 0.25) is 0 Å². The van der Waals surface area contributed by atoms with Crippen molar-refractivity contribution in [2.75, 3.05) is 13.1 Å². The minimum atomic E-state index is -0.664. The third-order valence-electron chi connectivity index (χ3n) is 1.79. The van der Waals surface area contributed by atoms with Crippen LogP contribution in [0.4, 0.5) is 0 Å². The lowest BCUT2D eigenvalue weighted by atomic mass is 9.94. The molecule has 0 spiro atoms. The molecule has 0 aliphatic rings.